The highest BCUT2D eigenvalue weighted by Crippen LogP contribution is 2.43. The molecule has 0 radical (unpaired) electrons. The second-order valence-electron chi connectivity index (χ2n) is 9.07. The van der Waals surface area contributed by atoms with Gasteiger partial charge in [-0.25, -0.2) is 0 Å². The number of amides is 1. The number of hydrogen-bond acceptors (Lipinski definition) is 5. The van der Waals surface area contributed by atoms with Gasteiger partial charge in [-0.2, -0.15) is 0 Å². The molecule has 156 valence electrons. The molecule has 4 heterocycles. The summed E-state index contributed by atoms with van der Waals surface area (Å²) in [6.45, 7) is 4.92. The largest absolute Gasteiger partial charge is 0.462 e. The number of esters is 1. The Kier molecular flexibility index (Phi) is 6.07. The van der Waals surface area contributed by atoms with Gasteiger partial charge >= 0.3 is 5.97 Å². The Labute approximate surface area is 167 Å². The van der Waals surface area contributed by atoms with E-state index in [1.807, 2.05) is 13.0 Å². The Morgan fingerprint density at radius 1 is 1.25 bits per heavy atom. The maximum Gasteiger partial charge on any atom is 0.309 e. The molecule has 6 heteroatoms. The first kappa shape index (κ1) is 19.9. The Bertz CT molecular complexity index is 622. The number of nitrogens with zero attached hydrogens (tertiary/aromatic N) is 2. The van der Waals surface area contributed by atoms with Crippen LogP contribution in [0.1, 0.15) is 58.3 Å². The van der Waals surface area contributed by atoms with Crippen molar-refractivity contribution in [2.24, 2.45) is 11.8 Å². The molecule has 0 aromatic carbocycles. The fourth-order valence-corrected chi connectivity index (χ4v) is 5.93. The third kappa shape index (κ3) is 4.13. The highest BCUT2D eigenvalue weighted by atomic mass is 16.5. The zero-order valence-electron chi connectivity index (χ0n) is 17.0. The number of aliphatic hydroxyl groups excluding tert-OH is 1. The molecule has 0 aliphatic carbocycles. The van der Waals surface area contributed by atoms with Crippen LogP contribution in [0.25, 0.3) is 0 Å². The molecule has 1 N–H and O–H groups in total. The second kappa shape index (κ2) is 8.54. The summed E-state index contributed by atoms with van der Waals surface area (Å²) in [4.78, 5) is 29.4. The lowest BCUT2D eigenvalue weighted by Crippen LogP contribution is -2.65. The number of fused-ring (bicyclic) bond motifs is 6. The predicted octanol–water partition coefficient (Wildman–Crippen LogP) is 2.11. The van der Waals surface area contributed by atoms with Crippen LogP contribution in [-0.4, -0.2) is 70.7 Å². The van der Waals surface area contributed by atoms with Crippen LogP contribution in [0.2, 0.25) is 0 Å². The minimum Gasteiger partial charge on any atom is -0.462 e. The molecule has 4 rings (SSSR count). The molecule has 2 unspecified atom stereocenters. The van der Waals surface area contributed by atoms with E-state index >= 15 is 0 Å². The summed E-state index contributed by atoms with van der Waals surface area (Å²) < 4.78 is 5.72. The summed E-state index contributed by atoms with van der Waals surface area (Å²) in [6, 6.07) is 0.857. The molecular formula is C22H34N2O4. The molecule has 0 aromatic heterocycles. The van der Waals surface area contributed by atoms with E-state index in [1.165, 1.54) is 6.42 Å². The zero-order valence-corrected chi connectivity index (χ0v) is 17.0. The lowest BCUT2D eigenvalue weighted by molar-refractivity contribution is -0.160. The standard InChI is InChI=1S/C22H34N2O4/c1-2-3-5-17(25)11-22(27)28-18-8-9-23-13-15-10-16(20(23)12-18)14-24-19(15)6-4-7-21(24)26/h3,5,15-20,25H,2,4,6-14H2,1H3/b5-3+/t15-,16+,17?,18+,19?,20+/m1/s1. The van der Waals surface area contributed by atoms with Crippen molar-refractivity contribution in [2.75, 3.05) is 19.6 Å². The van der Waals surface area contributed by atoms with Crippen LogP contribution in [0, 0.1) is 11.8 Å². The van der Waals surface area contributed by atoms with Crippen LogP contribution < -0.4 is 0 Å². The van der Waals surface area contributed by atoms with Crippen LogP contribution in [0.15, 0.2) is 12.2 Å². The number of aliphatic hydroxyl groups is 1. The smallest absolute Gasteiger partial charge is 0.309 e. The van der Waals surface area contributed by atoms with E-state index in [1.54, 1.807) is 6.08 Å². The minimum absolute atomic E-state index is 0.0246. The number of rotatable bonds is 5. The van der Waals surface area contributed by atoms with Gasteiger partial charge in [-0.1, -0.05) is 19.1 Å². The van der Waals surface area contributed by atoms with E-state index in [0.717, 1.165) is 51.7 Å². The van der Waals surface area contributed by atoms with Gasteiger partial charge in [0, 0.05) is 44.6 Å². The number of piperidine rings is 4. The molecule has 0 spiro atoms. The molecule has 2 bridgehead atoms. The average Bonchev–Trinajstić information content (AvgIpc) is 2.68. The SMILES string of the molecule is CC/C=C/C(O)CC(=O)O[C@H]1CCN2C[C@H]3C[C@@H](CN4C(=O)CCCC34)[C@@H]2C1. The molecule has 0 saturated carbocycles. The minimum atomic E-state index is -0.761. The predicted molar refractivity (Wildman–Crippen MR) is 105 cm³/mol. The number of carbonyl (C=O) groups is 2. The molecule has 28 heavy (non-hydrogen) atoms. The van der Waals surface area contributed by atoms with Crippen molar-refractivity contribution in [1.82, 2.24) is 9.80 Å². The summed E-state index contributed by atoms with van der Waals surface area (Å²) in [5.41, 5.74) is 0. The highest BCUT2D eigenvalue weighted by Gasteiger charge is 2.49. The second-order valence-corrected chi connectivity index (χ2v) is 9.07. The number of ether oxygens (including phenoxy) is 1. The van der Waals surface area contributed by atoms with Gasteiger partial charge in [0.25, 0.3) is 0 Å². The average molecular weight is 391 g/mol. The number of allylic oxidation sites excluding steroid dienone is 1. The van der Waals surface area contributed by atoms with E-state index in [2.05, 4.69) is 9.80 Å². The van der Waals surface area contributed by atoms with Crippen LogP contribution in [0.3, 0.4) is 0 Å². The van der Waals surface area contributed by atoms with Crippen molar-refractivity contribution in [3.8, 4) is 0 Å². The Balaban J connectivity index is 1.34. The highest BCUT2D eigenvalue weighted by molar-refractivity contribution is 5.77. The lowest BCUT2D eigenvalue weighted by atomic mass is 9.70. The van der Waals surface area contributed by atoms with Crippen LogP contribution in [0.4, 0.5) is 0 Å². The summed E-state index contributed by atoms with van der Waals surface area (Å²) in [5, 5.41) is 9.89. The molecule has 6 nitrogen and oxygen atoms in total. The van der Waals surface area contributed by atoms with Crippen molar-refractivity contribution in [3.05, 3.63) is 12.2 Å². The van der Waals surface area contributed by atoms with Gasteiger partial charge in [-0.05, 0) is 43.9 Å². The van der Waals surface area contributed by atoms with Gasteiger partial charge in [0.15, 0.2) is 0 Å². The Hall–Kier alpha value is -1.40. The maximum absolute atomic E-state index is 12.4. The Morgan fingerprint density at radius 2 is 2.07 bits per heavy atom. The molecule has 4 aliphatic rings. The third-order valence-electron chi connectivity index (χ3n) is 7.18. The fourth-order valence-electron chi connectivity index (χ4n) is 5.93. The van der Waals surface area contributed by atoms with Crippen LogP contribution in [0.5, 0.6) is 0 Å². The van der Waals surface area contributed by atoms with E-state index in [0.29, 0.717) is 36.2 Å². The maximum atomic E-state index is 12.4. The van der Waals surface area contributed by atoms with Gasteiger partial charge in [-0.3, -0.25) is 14.5 Å². The van der Waals surface area contributed by atoms with Gasteiger partial charge in [0.2, 0.25) is 5.91 Å². The van der Waals surface area contributed by atoms with Crippen molar-refractivity contribution >= 4 is 11.9 Å². The lowest BCUT2D eigenvalue weighted by Gasteiger charge is -2.57. The van der Waals surface area contributed by atoms with E-state index in [-0.39, 0.29) is 18.5 Å². The first-order chi connectivity index (χ1) is 13.5. The molecule has 0 aromatic rings. The first-order valence-electron chi connectivity index (χ1n) is 11.1. The van der Waals surface area contributed by atoms with Crippen molar-refractivity contribution in [1.29, 1.82) is 0 Å². The van der Waals surface area contributed by atoms with Gasteiger partial charge in [0.05, 0.1) is 12.5 Å². The molecule has 4 aliphatic heterocycles. The van der Waals surface area contributed by atoms with E-state index in [4.69, 9.17) is 4.74 Å². The summed E-state index contributed by atoms with van der Waals surface area (Å²) in [5.74, 6) is 1.14. The fraction of sp³-hybridized carbons (Fsp3) is 0.818. The monoisotopic (exact) mass is 390 g/mol. The van der Waals surface area contributed by atoms with Gasteiger partial charge in [-0.15, -0.1) is 0 Å². The molecule has 6 atom stereocenters. The number of hydrogen-bond donors (Lipinski definition) is 1. The summed E-state index contributed by atoms with van der Waals surface area (Å²) in [6.07, 6.45) is 9.42. The van der Waals surface area contributed by atoms with Crippen LogP contribution >= 0.6 is 0 Å². The van der Waals surface area contributed by atoms with Gasteiger partial charge < -0.3 is 14.7 Å². The summed E-state index contributed by atoms with van der Waals surface area (Å²) in [7, 11) is 0. The zero-order chi connectivity index (χ0) is 19.7. The quantitative estimate of drug-likeness (QED) is 0.575. The molecular weight excluding hydrogens is 356 g/mol. The van der Waals surface area contributed by atoms with Crippen LogP contribution in [-0.2, 0) is 14.3 Å². The van der Waals surface area contributed by atoms with Gasteiger partial charge in [0.1, 0.15) is 6.10 Å². The van der Waals surface area contributed by atoms with E-state index < -0.39 is 6.10 Å². The molecule has 4 fully saturated rings. The molecule has 1 amide bonds. The Morgan fingerprint density at radius 3 is 2.89 bits per heavy atom. The van der Waals surface area contributed by atoms with Crippen molar-refractivity contribution in [3.63, 3.8) is 0 Å². The summed E-state index contributed by atoms with van der Waals surface area (Å²) >= 11 is 0. The number of carbonyl (C=O) groups excluding carboxylic acids is 2. The first-order valence-corrected chi connectivity index (χ1v) is 11.1. The normalized spacial score (nSPS) is 36.7. The molecule has 4 saturated heterocycles. The topological polar surface area (TPSA) is 70.1 Å². The van der Waals surface area contributed by atoms with E-state index in [9.17, 15) is 14.7 Å². The van der Waals surface area contributed by atoms with Crippen molar-refractivity contribution < 1.29 is 19.4 Å². The third-order valence-corrected chi connectivity index (χ3v) is 7.18. The van der Waals surface area contributed by atoms with Crippen molar-refractivity contribution in [2.45, 2.75) is 82.6 Å².